The average Bonchev–Trinajstić information content (AvgIpc) is 3.00. The molecule has 0 aliphatic carbocycles. The van der Waals surface area contributed by atoms with Crippen molar-refractivity contribution in [2.24, 2.45) is 5.92 Å². The van der Waals surface area contributed by atoms with Gasteiger partial charge in [-0.1, -0.05) is 6.07 Å². The van der Waals surface area contributed by atoms with E-state index in [9.17, 15) is 4.79 Å². The van der Waals surface area contributed by atoms with Crippen LogP contribution in [0, 0.1) is 5.92 Å². The monoisotopic (exact) mass is 296 g/mol. The maximum absolute atomic E-state index is 11.9. The number of carbonyl (C=O) groups is 1. The maximum atomic E-state index is 11.9. The molecule has 2 N–H and O–H groups in total. The molecule has 1 aliphatic rings. The van der Waals surface area contributed by atoms with E-state index in [4.69, 9.17) is 4.74 Å². The van der Waals surface area contributed by atoms with E-state index in [1.807, 2.05) is 24.4 Å². The lowest BCUT2D eigenvalue weighted by Crippen LogP contribution is -2.43. The van der Waals surface area contributed by atoms with Crippen LogP contribution in [0.2, 0.25) is 0 Å². The predicted molar refractivity (Wildman–Crippen MR) is 81.9 cm³/mol. The fourth-order valence-electron chi connectivity index (χ4n) is 2.54. The average molecular weight is 296 g/mol. The molecular weight excluding hydrogens is 272 g/mol. The summed E-state index contributed by atoms with van der Waals surface area (Å²) in [6.07, 6.45) is 2.17. The fourth-order valence-corrected chi connectivity index (χ4v) is 3.27. The highest BCUT2D eigenvalue weighted by Gasteiger charge is 2.20. The molecule has 4 nitrogen and oxygen atoms in total. The van der Waals surface area contributed by atoms with Gasteiger partial charge in [0.2, 0.25) is 5.91 Å². The summed E-state index contributed by atoms with van der Waals surface area (Å²) in [5, 5.41) is 8.39. The van der Waals surface area contributed by atoms with Crippen LogP contribution in [0.5, 0.6) is 0 Å². The minimum Gasteiger partial charge on any atom is -0.381 e. The quantitative estimate of drug-likeness (QED) is 0.847. The second-order valence-corrected chi connectivity index (χ2v) is 6.40. The van der Waals surface area contributed by atoms with Gasteiger partial charge in [0.25, 0.3) is 0 Å². The van der Waals surface area contributed by atoms with E-state index in [0.717, 1.165) is 26.1 Å². The highest BCUT2D eigenvalue weighted by molar-refractivity contribution is 7.10. The lowest BCUT2D eigenvalue weighted by Gasteiger charge is -2.28. The molecule has 0 spiro atoms. The van der Waals surface area contributed by atoms with Crippen molar-refractivity contribution in [3.63, 3.8) is 0 Å². The molecule has 0 saturated carbocycles. The van der Waals surface area contributed by atoms with Crippen molar-refractivity contribution in [1.29, 1.82) is 0 Å². The van der Waals surface area contributed by atoms with Crippen molar-refractivity contribution in [3.8, 4) is 0 Å². The molecule has 1 aromatic heterocycles. The van der Waals surface area contributed by atoms with Gasteiger partial charge in [0.15, 0.2) is 0 Å². The van der Waals surface area contributed by atoms with Gasteiger partial charge in [0.1, 0.15) is 0 Å². The number of hydrogen-bond acceptors (Lipinski definition) is 4. The van der Waals surface area contributed by atoms with Gasteiger partial charge in [-0.15, -0.1) is 11.3 Å². The highest BCUT2D eigenvalue weighted by Crippen LogP contribution is 2.19. The Labute approximate surface area is 124 Å². The summed E-state index contributed by atoms with van der Waals surface area (Å²) in [4.78, 5) is 13.1. The Kier molecular flexibility index (Phi) is 6.01. The van der Waals surface area contributed by atoms with Gasteiger partial charge in [-0.25, -0.2) is 0 Å². The van der Waals surface area contributed by atoms with Crippen LogP contribution in [0.25, 0.3) is 0 Å². The van der Waals surface area contributed by atoms with E-state index >= 15 is 0 Å². The number of thiophene rings is 1. The first kappa shape index (κ1) is 15.5. The Morgan fingerprint density at radius 2 is 2.20 bits per heavy atom. The molecule has 20 heavy (non-hydrogen) atoms. The zero-order chi connectivity index (χ0) is 14.4. The summed E-state index contributed by atoms with van der Waals surface area (Å²) in [5.41, 5.74) is 0. The topological polar surface area (TPSA) is 50.4 Å². The molecule has 2 rings (SSSR count). The van der Waals surface area contributed by atoms with Crippen LogP contribution >= 0.6 is 11.3 Å². The van der Waals surface area contributed by atoms with Gasteiger partial charge in [-0.05, 0) is 44.1 Å². The molecule has 112 valence electrons. The zero-order valence-corrected chi connectivity index (χ0v) is 13.0. The smallest absolute Gasteiger partial charge is 0.234 e. The number of carbonyl (C=O) groups excluding carboxylic acids is 1. The van der Waals surface area contributed by atoms with Gasteiger partial charge < -0.3 is 15.4 Å². The van der Waals surface area contributed by atoms with Crippen LogP contribution in [-0.2, 0) is 9.53 Å². The van der Waals surface area contributed by atoms with Crippen molar-refractivity contribution in [2.75, 3.05) is 19.8 Å². The molecule has 2 heterocycles. The minimum absolute atomic E-state index is 0.0600. The standard InChI is InChI=1S/C15H24N2O2S/c1-11(13-5-7-19-8-6-13)16-10-15(18)17-12(2)14-4-3-9-20-14/h3-4,9,11-13,16H,5-8,10H2,1-2H3,(H,17,18)/t11-,12+/m1/s1. The number of rotatable bonds is 6. The van der Waals surface area contributed by atoms with Crippen LogP contribution in [0.1, 0.15) is 37.6 Å². The van der Waals surface area contributed by atoms with E-state index in [1.54, 1.807) is 11.3 Å². The maximum Gasteiger partial charge on any atom is 0.234 e. The van der Waals surface area contributed by atoms with Crippen LogP contribution in [-0.4, -0.2) is 31.7 Å². The lowest BCUT2D eigenvalue weighted by atomic mass is 9.93. The molecule has 1 amide bonds. The second kappa shape index (κ2) is 7.76. The third-order valence-electron chi connectivity index (χ3n) is 3.91. The molecule has 2 atom stereocenters. The Morgan fingerprint density at radius 3 is 2.85 bits per heavy atom. The van der Waals surface area contributed by atoms with E-state index < -0.39 is 0 Å². The van der Waals surface area contributed by atoms with Gasteiger partial charge in [0.05, 0.1) is 12.6 Å². The first-order chi connectivity index (χ1) is 9.66. The SMILES string of the molecule is C[C@H](NC(=O)CN[C@H](C)C1CCOCC1)c1cccs1. The molecule has 1 aliphatic heterocycles. The fraction of sp³-hybridized carbons (Fsp3) is 0.667. The zero-order valence-electron chi connectivity index (χ0n) is 12.2. The van der Waals surface area contributed by atoms with Crippen molar-refractivity contribution >= 4 is 17.2 Å². The summed E-state index contributed by atoms with van der Waals surface area (Å²) in [6, 6.07) is 4.51. The first-order valence-electron chi connectivity index (χ1n) is 7.30. The molecular formula is C15H24N2O2S. The van der Waals surface area contributed by atoms with Gasteiger partial charge in [-0.2, -0.15) is 0 Å². The number of ether oxygens (including phenoxy) is 1. The second-order valence-electron chi connectivity index (χ2n) is 5.42. The minimum atomic E-state index is 0.0600. The van der Waals surface area contributed by atoms with Gasteiger partial charge >= 0.3 is 0 Å². The van der Waals surface area contributed by atoms with E-state index in [2.05, 4.69) is 17.6 Å². The van der Waals surface area contributed by atoms with Crippen LogP contribution in [0.3, 0.4) is 0 Å². The molecule has 1 fully saturated rings. The largest absolute Gasteiger partial charge is 0.381 e. The Morgan fingerprint density at radius 1 is 1.45 bits per heavy atom. The van der Waals surface area contributed by atoms with Crippen LogP contribution < -0.4 is 10.6 Å². The Balaban J connectivity index is 1.69. The van der Waals surface area contributed by atoms with Crippen molar-refractivity contribution in [1.82, 2.24) is 10.6 Å². The normalized spacial score (nSPS) is 19.5. The van der Waals surface area contributed by atoms with Crippen LogP contribution in [0.15, 0.2) is 17.5 Å². The Bertz CT molecular complexity index is 402. The highest BCUT2D eigenvalue weighted by atomic mass is 32.1. The third-order valence-corrected chi connectivity index (χ3v) is 4.96. The lowest BCUT2D eigenvalue weighted by molar-refractivity contribution is -0.121. The first-order valence-corrected chi connectivity index (χ1v) is 8.18. The van der Waals surface area contributed by atoms with Crippen molar-refractivity contribution < 1.29 is 9.53 Å². The van der Waals surface area contributed by atoms with Crippen molar-refractivity contribution in [2.45, 2.75) is 38.8 Å². The number of hydrogen-bond donors (Lipinski definition) is 2. The molecule has 0 unspecified atom stereocenters. The Hall–Kier alpha value is -0.910. The van der Waals surface area contributed by atoms with Crippen LogP contribution in [0.4, 0.5) is 0 Å². The van der Waals surface area contributed by atoms with E-state index in [-0.39, 0.29) is 11.9 Å². The molecule has 0 radical (unpaired) electrons. The molecule has 1 saturated heterocycles. The third kappa shape index (κ3) is 4.58. The van der Waals surface area contributed by atoms with Crippen molar-refractivity contribution in [3.05, 3.63) is 22.4 Å². The molecule has 0 aromatic carbocycles. The number of nitrogens with one attached hydrogen (secondary N) is 2. The summed E-state index contributed by atoms with van der Waals surface area (Å²) in [7, 11) is 0. The summed E-state index contributed by atoms with van der Waals surface area (Å²) in [6.45, 7) is 6.25. The summed E-state index contributed by atoms with van der Waals surface area (Å²) >= 11 is 1.67. The van der Waals surface area contributed by atoms with Gasteiger partial charge in [0, 0.05) is 24.1 Å². The molecule has 5 heteroatoms. The molecule has 0 bridgehead atoms. The molecule has 1 aromatic rings. The summed E-state index contributed by atoms with van der Waals surface area (Å²) < 4.78 is 5.36. The predicted octanol–water partition coefficient (Wildman–Crippen LogP) is 2.33. The number of amides is 1. The van der Waals surface area contributed by atoms with E-state index in [1.165, 1.54) is 4.88 Å². The summed E-state index contributed by atoms with van der Waals surface area (Å²) in [5.74, 6) is 0.677. The van der Waals surface area contributed by atoms with E-state index in [0.29, 0.717) is 18.5 Å². The van der Waals surface area contributed by atoms with Gasteiger partial charge in [-0.3, -0.25) is 4.79 Å².